The molecule has 1 unspecified atom stereocenters. The molecule has 1 aromatic carbocycles. The standard InChI is InChI=1S/C13H15NO4/c1-13(12(15)16)8-11(18-14-13)7-9-4-3-5-10(6-9)17-2/h3-6,8,14H,7H2,1-2H3,(H,15,16). The van der Waals surface area contributed by atoms with Crippen LogP contribution in [-0.2, 0) is 16.1 Å². The van der Waals surface area contributed by atoms with Gasteiger partial charge in [-0.05, 0) is 30.7 Å². The summed E-state index contributed by atoms with van der Waals surface area (Å²) in [6.07, 6.45) is 2.10. The van der Waals surface area contributed by atoms with Crippen molar-refractivity contribution < 1.29 is 19.5 Å². The van der Waals surface area contributed by atoms with E-state index < -0.39 is 11.5 Å². The van der Waals surface area contributed by atoms with Gasteiger partial charge in [-0.15, -0.1) is 5.48 Å². The van der Waals surface area contributed by atoms with Crippen molar-refractivity contribution in [3.63, 3.8) is 0 Å². The van der Waals surface area contributed by atoms with E-state index in [0.29, 0.717) is 12.2 Å². The third-order valence-corrected chi connectivity index (χ3v) is 2.80. The summed E-state index contributed by atoms with van der Waals surface area (Å²) < 4.78 is 5.13. The second kappa shape index (κ2) is 4.70. The number of benzene rings is 1. The van der Waals surface area contributed by atoms with Gasteiger partial charge < -0.3 is 14.7 Å². The molecule has 0 radical (unpaired) electrons. The number of carboxylic acid groups (broad SMARTS) is 1. The third kappa shape index (κ3) is 2.46. The summed E-state index contributed by atoms with van der Waals surface area (Å²) in [6, 6.07) is 7.56. The van der Waals surface area contributed by atoms with Crippen LogP contribution in [-0.4, -0.2) is 23.7 Å². The summed E-state index contributed by atoms with van der Waals surface area (Å²) >= 11 is 0. The van der Waals surface area contributed by atoms with Gasteiger partial charge in [0.1, 0.15) is 11.5 Å². The lowest BCUT2D eigenvalue weighted by molar-refractivity contribution is -0.144. The normalized spacial score (nSPS) is 22.2. The van der Waals surface area contributed by atoms with E-state index in [1.807, 2.05) is 24.3 Å². The molecule has 0 saturated carbocycles. The number of ether oxygens (including phenoxy) is 1. The first-order valence-corrected chi connectivity index (χ1v) is 5.55. The Kier molecular flexibility index (Phi) is 3.25. The van der Waals surface area contributed by atoms with Crippen LogP contribution in [0.15, 0.2) is 36.1 Å². The first kappa shape index (κ1) is 12.4. The molecule has 1 aliphatic heterocycles. The van der Waals surface area contributed by atoms with E-state index in [0.717, 1.165) is 11.3 Å². The van der Waals surface area contributed by atoms with E-state index in [2.05, 4.69) is 5.48 Å². The fourth-order valence-electron chi connectivity index (χ4n) is 1.73. The zero-order valence-corrected chi connectivity index (χ0v) is 10.3. The first-order chi connectivity index (χ1) is 8.53. The van der Waals surface area contributed by atoms with Crippen molar-refractivity contribution in [1.29, 1.82) is 0 Å². The number of nitrogens with one attached hydrogen (secondary N) is 1. The van der Waals surface area contributed by atoms with E-state index in [1.54, 1.807) is 20.1 Å². The Balaban J connectivity index is 2.13. The van der Waals surface area contributed by atoms with Gasteiger partial charge in [0.05, 0.1) is 7.11 Å². The van der Waals surface area contributed by atoms with Gasteiger partial charge in [-0.3, -0.25) is 0 Å². The molecule has 1 atom stereocenters. The predicted molar refractivity (Wildman–Crippen MR) is 65.0 cm³/mol. The fourth-order valence-corrected chi connectivity index (χ4v) is 1.73. The quantitative estimate of drug-likeness (QED) is 0.846. The summed E-state index contributed by atoms with van der Waals surface area (Å²) in [6.45, 7) is 1.55. The van der Waals surface area contributed by atoms with Crippen LogP contribution in [0.5, 0.6) is 5.75 Å². The highest BCUT2D eigenvalue weighted by Gasteiger charge is 2.37. The maximum Gasteiger partial charge on any atom is 0.331 e. The molecule has 5 nitrogen and oxygen atoms in total. The summed E-state index contributed by atoms with van der Waals surface area (Å²) in [4.78, 5) is 16.2. The van der Waals surface area contributed by atoms with Crippen molar-refractivity contribution in [3.8, 4) is 5.75 Å². The minimum absolute atomic E-state index is 0.521. The van der Waals surface area contributed by atoms with E-state index >= 15 is 0 Å². The van der Waals surface area contributed by atoms with Crippen LogP contribution in [0, 0.1) is 0 Å². The molecule has 0 aliphatic carbocycles. The van der Waals surface area contributed by atoms with Crippen LogP contribution < -0.4 is 10.2 Å². The van der Waals surface area contributed by atoms with Crippen molar-refractivity contribution in [2.24, 2.45) is 0 Å². The average molecular weight is 249 g/mol. The van der Waals surface area contributed by atoms with E-state index in [-0.39, 0.29) is 0 Å². The molecule has 0 bridgehead atoms. The number of hydrogen-bond acceptors (Lipinski definition) is 4. The van der Waals surface area contributed by atoms with Gasteiger partial charge in [0.15, 0.2) is 5.54 Å². The highest BCUT2D eigenvalue weighted by Crippen LogP contribution is 2.22. The lowest BCUT2D eigenvalue weighted by Crippen LogP contribution is -2.43. The van der Waals surface area contributed by atoms with Crippen molar-refractivity contribution in [2.75, 3.05) is 7.11 Å². The maximum atomic E-state index is 11.0. The lowest BCUT2D eigenvalue weighted by Gasteiger charge is -2.13. The van der Waals surface area contributed by atoms with Crippen LogP contribution in [0.1, 0.15) is 12.5 Å². The smallest absolute Gasteiger partial charge is 0.331 e. The molecule has 18 heavy (non-hydrogen) atoms. The molecular weight excluding hydrogens is 234 g/mol. The largest absolute Gasteiger partial charge is 0.497 e. The van der Waals surface area contributed by atoms with Gasteiger partial charge >= 0.3 is 5.97 Å². The molecule has 0 fully saturated rings. The predicted octanol–water partition coefficient (Wildman–Crippen LogP) is 1.50. The Morgan fingerprint density at radius 3 is 2.94 bits per heavy atom. The molecule has 1 aromatic rings. The molecule has 0 amide bonds. The second-order valence-electron chi connectivity index (χ2n) is 4.35. The van der Waals surface area contributed by atoms with Gasteiger partial charge in [-0.2, -0.15) is 0 Å². The Morgan fingerprint density at radius 2 is 2.33 bits per heavy atom. The number of rotatable bonds is 4. The topological polar surface area (TPSA) is 67.8 Å². The molecule has 2 rings (SSSR count). The average Bonchev–Trinajstić information content (AvgIpc) is 2.72. The van der Waals surface area contributed by atoms with Crippen molar-refractivity contribution >= 4 is 5.97 Å². The zero-order valence-electron chi connectivity index (χ0n) is 10.3. The van der Waals surface area contributed by atoms with E-state index in [4.69, 9.17) is 14.7 Å². The highest BCUT2D eigenvalue weighted by molar-refractivity contribution is 5.81. The first-order valence-electron chi connectivity index (χ1n) is 5.55. The number of methoxy groups -OCH3 is 1. The molecule has 5 heteroatoms. The summed E-state index contributed by atoms with van der Waals surface area (Å²) in [5, 5.41) is 9.03. The van der Waals surface area contributed by atoms with Gasteiger partial charge in [-0.25, -0.2) is 4.79 Å². The van der Waals surface area contributed by atoms with Crippen molar-refractivity contribution in [1.82, 2.24) is 5.48 Å². The van der Waals surface area contributed by atoms with Gasteiger partial charge in [-0.1, -0.05) is 12.1 Å². The molecule has 1 heterocycles. The van der Waals surface area contributed by atoms with Gasteiger partial charge in [0.2, 0.25) is 0 Å². The molecule has 2 N–H and O–H groups in total. The fraction of sp³-hybridized carbons (Fsp3) is 0.308. The number of carbonyl (C=O) groups is 1. The number of allylic oxidation sites excluding steroid dienone is 1. The van der Waals surface area contributed by atoms with E-state index in [1.165, 1.54) is 0 Å². The number of aliphatic carboxylic acids is 1. The Hall–Kier alpha value is -2.01. The van der Waals surface area contributed by atoms with Crippen molar-refractivity contribution in [3.05, 3.63) is 41.7 Å². The number of hydrogen-bond donors (Lipinski definition) is 2. The zero-order chi connectivity index (χ0) is 13.2. The monoisotopic (exact) mass is 249 g/mol. The van der Waals surface area contributed by atoms with Crippen molar-refractivity contribution in [2.45, 2.75) is 18.9 Å². The molecule has 0 aromatic heterocycles. The number of carboxylic acids is 1. The molecular formula is C13H15NO4. The lowest BCUT2D eigenvalue weighted by atomic mass is 10.0. The van der Waals surface area contributed by atoms with Crippen LogP contribution >= 0.6 is 0 Å². The van der Waals surface area contributed by atoms with Gasteiger partial charge in [0, 0.05) is 6.42 Å². The molecule has 0 saturated heterocycles. The molecule has 96 valence electrons. The SMILES string of the molecule is COc1cccc(CC2=CC(C)(C(=O)O)NO2)c1. The second-order valence-corrected chi connectivity index (χ2v) is 4.35. The Bertz CT molecular complexity index is 498. The Morgan fingerprint density at radius 1 is 1.56 bits per heavy atom. The summed E-state index contributed by atoms with van der Waals surface area (Å²) in [5.41, 5.74) is 2.35. The van der Waals surface area contributed by atoms with Crippen LogP contribution in [0.2, 0.25) is 0 Å². The summed E-state index contributed by atoms with van der Waals surface area (Å²) in [7, 11) is 1.60. The minimum Gasteiger partial charge on any atom is -0.497 e. The number of hydroxylamine groups is 1. The van der Waals surface area contributed by atoms with Crippen LogP contribution in [0.4, 0.5) is 0 Å². The summed E-state index contributed by atoms with van der Waals surface area (Å²) in [5.74, 6) is 0.386. The van der Waals surface area contributed by atoms with Gasteiger partial charge in [0.25, 0.3) is 0 Å². The van der Waals surface area contributed by atoms with Crippen LogP contribution in [0.25, 0.3) is 0 Å². The molecule has 1 aliphatic rings. The van der Waals surface area contributed by atoms with Crippen LogP contribution in [0.3, 0.4) is 0 Å². The maximum absolute atomic E-state index is 11.0. The minimum atomic E-state index is -1.16. The Labute approximate surface area is 105 Å². The molecule has 0 spiro atoms. The highest BCUT2D eigenvalue weighted by atomic mass is 16.7. The van der Waals surface area contributed by atoms with E-state index in [9.17, 15) is 4.79 Å². The third-order valence-electron chi connectivity index (χ3n) is 2.80.